The quantitative estimate of drug-likeness (QED) is 0.726. The molecule has 1 N–H and O–H groups in total. The maximum absolute atomic E-state index is 4.67. The lowest BCUT2D eigenvalue weighted by Crippen LogP contribution is -2.15. The fraction of sp³-hybridized carbons (Fsp3) is 0.727. The van der Waals surface area contributed by atoms with E-state index in [0.717, 1.165) is 6.54 Å². The number of rotatable bonds is 1. The Labute approximate surface area is 84.5 Å². The van der Waals surface area contributed by atoms with Crippen molar-refractivity contribution >= 4 is 0 Å². The Morgan fingerprint density at radius 1 is 1.36 bits per heavy atom. The highest BCUT2D eigenvalue weighted by atomic mass is 15.3. The summed E-state index contributed by atoms with van der Waals surface area (Å²) in [5.41, 5.74) is 4.37. The van der Waals surface area contributed by atoms with Crippen LogP contribution in [-0.2, 0) is 19.9 Å². The summed E-state index contributed by atoms with van der Waals surface area (Å²) in [4.78, 5) is 0. The van der Waals surface area contributed by atoms with Crippen molar-refractivity contribution in [1.29, 1.82) is 0 Å². The van der Waals surface area contributed by atoms with Crippen molar-refractivity contribution in [3.63, 3.8) is 0 Å². The highest BCUT2D eigenvalue weighted by Gasteiger charge is 2.27. The first-order chi connectivity index (χ1) is 6.86. The number of aryl methyl sites for hydroxylation is 1. The zero-order valence-electron chi connectivity index (χ0n) is 8.71. The van der Waals surface area contributed by atoms with Crippen molar-refractivity contribution in [3.8, 4) is 0 Å². The van der Waals surface area contributed by atoms with Crippen LogP contribution in [0.15, 0.2) is 0 Å². The average molecular weight is 191 g/mol. The van der Waals surface area contributed by atoms with Crippen molar-refractivity contribution in [3.05, 3.63) is 17.0 Å². The van der Waals surface area contributed by atoms with Crippen LogP contribution in [0.1, 0.15) is 42.3 Å². The van der Waals surface area contributed by atoms with Gasteiger partial charge in [-0.3, -0.25) is 4.68 Å². The fourth-order valence-corrected chi connectivity index (χ4v) is 2.84. The van der Waals surface area contributed by atoms with Crippen LogP contribution in [-0.4, -0.2) is 16.3 Å². The van der Waals surface area contributed by atoms with Crippen molar-refractivity contribution in [1.82, 2.24) is 15.1 Å². The number of aromatic nitrogens is 2. The minimum atomic E-state index is 0.544. The third-order valence-electron chi connectivity index (χ3n) is 3.54. The van der Waals surface area contributed by atoms with E-state index in [4.69, 9.17) is 0 Å². The van der Waals surface area contributed by atoms with Gasteiger partial charge in [-0.1, -0.05) is 0 Å². The predicted octanol–water partition coefficient (Wildman–Crippen LogP) is 1.33. The molecule has 3 heteroatoms. The van der Waals surface area contributed by atoms with Gasteiger partial charge in [0.2, 0.25) is 0 Å². The van der Waals surface area contributed by atoms with Gasteiger partial charge in [0.1, 0.15) is 0 Å². The normalized spacial score (nSPS) is 25.6. The van der Waals surface area contributed by atoms with Crippen LogP contribution in [0.2, 0.25) is 0 Å². The third-order valence-corrected chi connectivity index (χ3v) is 3.54. The van der Waals surface area contributed by atoms with E-state index in [0.29, 0.717) is 6.04 Å². The minimum Gasteiger partial charge on any atom is -0.309 e. The second kappa shape index (κ2) is 3.09. The molecule has 0 bridgehead atoms. The Morgan fingerprint density at radius 2 is 2.29 bits per heavy atom. The second-order valence-corrected chi connectivity index (χ2v) is 4.44. The lowest BCUT2D eigenvalue weighted by Gasteiger charge is -2.07. The molecule has 1 aromatic heterocycles. The molecule has 2 aliphatic rings. The first-order valence-electron chi connectivity index (χ1n) is 5.64. The summed E-state index contributed by atoms with van der Waals surface area (Å²) in [7, 11) is 2.09. The van der Waals surface area contributed by atoms with Gasteiger partial charge in [-0.15, -0.1) is 0 Å². The van der Waals surface area contributed by atoms with Crippen molar-refractivity contribution in [2.45, 2.75) is 38.1 Å². The molecule has 1 atom stereocenters. The lowest BCUT2D eigenvalue weighted by molar-refractivity contribution is 0.593. The Morgan fingerprint density at radius 3 is 3.07 bits per heavy atom. The van der Waals surface area contributed by atoms with Gasteiger partial charge < -0.3 is 5.32 Å². The van der Waals surface area contributed by atoms with Gasteiger partial charge in [-0.25, -0.2) is 0 Å². The molecule has 0 aromatic carbocycles. The van der Waals surface area contributed by atoms with Crippen LogP contribution in [0.5, 0.6) is 0 Å². The molecule has 3 nitrogen and oxygen atoms in total. The molecule has 1 unspecified atom stereocenters. The molecule has 0 spiro atoms. The SMILES string of the molecule is Cn1nc(C2CCCN2)c2c1CCC2. The van der Waals surface area contributed by atoms with E-state index in [9.17, 15) is 0 Å². The summed E-state index contributed by atoms with van der Waals surface area (Å²) < 4.78 is 2.09. The third kappa shape index (κ3) is 1.12. The number of hydrogen-bond acceptors (Lipinski definition) is 2. The highest BCUT2D eigenvalue weighted by Crippen LogP contribution is 2.31. The molecule has 1 fully saturated rings. The maximum atomic E-state index is 4.67. The maximum Gasteiger partial charge on any atom is 0.0828 e. The summed E-state index contributed by atoms with van der Waals surface area (Å²) in [6.45, 7) is 1.16. The van der Waals surface area contributed by atoms with Crippen molar-refractivity contribution in [2.75, 3.05) is 6.54 Å². The Balaban J connectivity index is 2.01. The Bertz CT molecular complexity index is 348. The monoisotopic (exact) mass is 191 g/mol. The molecule has 0 radical (unpaired) electrons. The standard InChI is InChI=1S/C11H17N3/c1-14-10-6-2-4-8(10)11(13-14)9-5-3-7-12-9/h9,12H,2-7H2,1H3. The van der Waals surface area contributed by atoms with E-state index in [1.54, 1.807) is 5.56 Å². The minimum absolute atomic E-state index is 0.544. The molecule has 2 heterocycles. The zero-order valence-corrected chi connectivity index (χ0v) is 8.71. The molecule has 1 aromatic rings. The van der Waals surface area contributed by atoms with E-state index in [1.165, 1.54) is 43.5 Å². The average Bonchev–Trinajstić information content (AvgIpc) is 2.84. The summed E-state index contributed by atoms with van der Waals surface area (Å²) in [6, 6.07) is 0.544. The molecule has 0 amide bonds. The lowest BCUT2D eigenvalue weighted by atomic mass is 10.1. The number of nitrogens with one attached hydrogen (secondary N) is 1. The molecule has 14 heavy (non-hydrogen) atoms. The van der Waals surface area contributed by atoms with Gasteiger partial charge >= 0.3 is 0 Å². The van der Waals surface area contributed by atoms with Gasteiger partial charge in [-0.2, -0.15) is 5.10 Å². The molecule has 1 saturated heterocycles. The Kier molecular flexibility index (Phi) is 1.87. The van der Waals surface area contributed by atoms with Crippen LogP contribution in [0, 0.1) is 0 Å². The molecule has 76 valence electrons. The first kappa shape index (κ1) is 8.48. The smallest absolute Gasteiger partial charge is 0.0828 e. The number of hydrogen-bond donors (Lipinski definition) is 1. The van der Waals surface area contributed by atoms with E-state index in [1.807, 2.05) is 0 Å². The molecular formula is C11H17N3. The van der Waals surface area contributed by atoms with Crippen LogP contribution in [0.25, 0.3) is 0 Å². The molecular weight excluding hydrogens is 174 g/mol. The Hall–Kier alpha value is -0.830. The predicted molar refractivity (Wildman–Crippen MR) is 55.2 cm³/mol. The largest absolute Gasteiger partial charge is 0.309 e. The van der Waals surface area contributed by atoms with Crippen LogP contribution in [0.4, 0.5) is 0 Å². The van der Waals surface area contributed by atoms with Crippen LogP contribution >= 0.6 is 0 Å². The van der Waals surface area contributed by atoms with E-state index in [-0.39, 0.29) is 0 Å². The highest BCUT2D eigenvalue weighted by molar-refractivity contribution is 5.32. The molecule has 1 aliphatic heterocycles. The fourth-order valence-electron chi connectivity index (χ4n) is 2.84. The molecule has 0 saturated carbocycles. The van der Waals surface area contributed by atoms with E-state index in [2.05, 4.69) is 22.1 Å². The number of fused-ring (bicyclic) bond motifs is 1. The van der Waals surface area contributed by atoms with Crippen molar-refractivity contribution in [2.24, 2.45) is 7.05 Å². The second-order valence-electron chi connectivity index (χ2n) is 4.44. The summed E-state index contributed by atoms with van der Waals surface area (Å²) >= 11 is 0. The van der Waals surface area contributed by atoms with Crippen LogP contribution in [0.3, 0.4) is 0 Å². The van der Waals surface area contributed by atoms with E-state index < -0.39 is 0 Å². The van der Waals surface area contributed by atoms with Gasteiger partial charge in [0.05, 0.1) is 11.7 Å². The van der Waals surface area contributed by atoms with Gasteiger partial charge in [0.15, 0.2) is 0 Å². The topological polar surface area (TPSA) is 29.9 Å². The summed E-state index contributed by atoms with van der Waals surface area (Å²) in [5, 5.41) is 8.21. The van der Waals surface area contributed by atoms with Gasteiger partial charge in [0.25, 0.3) is 0 Å². The van der Waals surface area contributed by atoms with Crippen molar-refractivity contribution < 1.29 is 0 Å². The molecule has 1 aliphatic carbocycles. The molecule has 3 rings (SSSR count). The first-order valence-corrected chi connectivity index (χ1v) is 5.64. The zero-order chi connectivity index (χ0) is 9.54. The summed E-state index contributed by atoms with van der Waals surface area (Å²) in [5.74, 6) is 0. The number of nitrogens with zero attached hydrogens (tertiary/aromatic N) is 2. The van der Waals surface area contributed by atoms with Gasteiger partial charge in [0, 0.05) is 12.7 Å². The van der Waals surface area contributed by atoms with E-state index >= 15 is 0 Å². The van der Waals surface area contributed by atoms with Crippen LogP contribution < -0.4 is 5.32 Å². The van der Waals surface area contributed by atoms with Gasteiger partial charge in [-0.05, 0) is 44.2 Å². The summed E-state index contributed by atoms with van der Waals surface area (Å²) in [6.07, 6.45) is 6.36.